The van der Waals surface area contributed by atoms with E-state index in [1.54, 1.807) is 6.20 Å². The highest BCUT2D eigenvalue weighted by molar-refractivity contribution is 5.27. The Kier molecular flexibility index (Phi) is 1.54. The van der Waals surface area contributed by atoms with Crippen LogP contribution >= 0.6 is 0 Å². The van der Waals surface area contributed by atoms with E-state index in [0.29, 0.717) is 6.61 Å². The third-order valence-electron chi connectivity index (χ3n) is 1.76. The average molecular weight is 165 g/mol. The van der Waals surface area contributed by atoms with Crippen molar-refractivity contribution >= 4 is 0 Å². The third-order valence-corrected chi connectivity index (χ3v) is 1.76. The summed E-state index contributed by atoms with van der Waals surface area (Å²) in [5.41, 5.74) is 0.872. The predicted octanol–water partition coefficient (Wildman–Crippen LogP) is 1.73. The molecule has 12 heavy (non-hydrogen) atoms. The Balaban J connectivity index is 2.35. The van der Waals surface area contributed by atoms with Crippen LogP contribution < -0.4 is 4.74 Å². The third kappa shape index (κ3) is 1.28. The molecule has 0 unspecified atom stereocenters. The molecule has 0 fully saturated rings. The maximum Gasteiger partial charge on any atom is 0.205 e. The van der Waals surface area contributed by atoms with Gasteiger partial charge in [0, 0.05) is 20.0 Å². The smallest absolute Gasteiger partial charge is 0.205 e. The van der Waals surface area contributed by atoms with Crippen molar-refractivity contribution in [1.29, 1.82) is 0 Å². The average Bonchev–Trinajstić information content (AvgIpc) is 2.02. The summed E-state index contributed by atoms with van der Waals surface area (Å²) in [6.07, 6.45) is 1.74. The zero-order valence-electron chi connectivity index (χ0n) is 7.20. The summed E-state index contributed by atoms with van der Waals surface area (Å²) >= 11 is 0. The van der Waals surface area contributed by atoms with Crippen LogP contribution in [0.1, 0.15) is 19.5 Å². The Labute approximate surface area is 71.3 Å². The Hall–Kier alpha value is -1.09. The van der Waals surface area contributed by atoms with E-state index < -0.39 is 5.79 Å². The fourth-order valence-corrected chi connectivity index (χ4v) is 1.16. The molecule has 1 aromatic heterocycles. The number of hydrogen-bond acceptors (Lipinski definition) is 3. The van der Waals surface area contributed by atoms with Crippen LogP contribution in [0.5, 0.6) is 5.75 Å². The highest BCUT2D eigenvalue weighted by Gasteiger charge is 2.27. The van der Waals surface area contributed by atoms with Crippen molar-refractivity contribution in [2.24, 2.45) is 0 Å². The molecule has 64 valence electrons. The van der Waals surface area contributed by atoms with Gasteiger partial charge in [-0.25, -0.2) is 0 Å². The lowest BCUT2D eigenvalue weighted by Gasteiger charge is -2.31. The minimum Gasteiger partial charge on any atom is -0.461 e. The van der Waals surface area contributed by atoms with Gasteiger partial charge in [0.1, 0.15) is 11.4 Å². The lowest BCUT2D eigenvalue weighted by Crippen LogP contribution is -2.35. The van der Waals surface area contributed by atoms with Crippen LogP contribution in [-0.4, -0.2) is 10.8 Å². The molecule has 0 atom stereocenters. The fraction of sp³-hybridized carbons (Fsp3) is 0.444. The molecule has 1 aromatic rings. The van der Waals surface area contributed by atoms with Crippen LogP contribution in [0.3, 0.4) is 0 Å². The Morgan fingerprint density at radius 1 is 1.50 bits per heavy atom. The molecule has 2 heterocycles. The second-order valence-electron chi connectivity index (χ2n) is 3.24. The van der Waals surface area contributed by atoms with Crippen molar-refractivity contribution in [2.45, 2.75) is 26.2 Å². The minimum atomic E-state index is -0.518. The first-order chi connectivity index (χ1) is 5.67. The molecule has 0 saturated heterocycles. The van der Waals surface area contributed by atoms with Gasteiger partial charge in [0.25, 0.3) is 0 Å². The van der Waals surface area contributed by atoms with Gasteiger partial charge in [-0.2, -0.15) is 0 Å². The van der Waals surface area contributed by atoms with Crippen LogP contribution in [0.2, 0.25) is 0 Å². The molecule has 0 amide bonds. The predicted molar refractivity (Wildman–Crippen MR) is 43.7 cm³/mol. The summed E-state index contributed by atoms with van der Waals surface area (Å²) in [7, 11) is 0. The van der Waals surface area contributed by atoms with Gasteiger partial charge in [0.05, 0.1) is 6.61 Å². The summed E-state index contributed by atoms with van der Waals surface area (Å²) in [6.45, 7) is 4.31. The van der Waals surface area contributed by atoms with Gasteiger partial charge in [-0.3, -0.25) is 4.98 Å². The summed E-state index contributed by atoms with van der Waals surface area (Å²) in [5.74, 6) is 0.310. The van der Waals surface area contributed by atoms with E-state index in [1.807, 2.05) is 26.0 Å². The highest BCUT2D eigenvalue weighted by atomic mass is 16.7. The topological polar surface area (TPSA) is 31.4 Å². The molecule has 0 radical (unpaired) electrons. The Bertz CT molecular complexity index is 296. The maximum absolute atomic E-state index is 5.53. The van der Waals surface area contributed by atoms with Crippen LogP contribution in [0.15, 0.2) is 18.3 Å². The molecule has 3 heteroatoms. The molecular weight excluding hydrogens is 154 g/mol. The van der Waals surface area contributed by atoms with Gasteiger partial charge in [0.2, 0.25) is 5.79 Å². The minimum absolute atomic E-state index is 0.518. The summed E-state index contributed by atoms with van der Waals surface area (Å²) < 4.78 is 10.9. The number of ether oxygens (including phenoxy) is 2. The first-order valence-electron chi connectivity index (χ1n) is 3.94. The lowest BCUT2D eigenvalue weighted by atomic mass is 10.2. The van der Waals surface area contributed by atoms with Gasteiger partial charge in [0.15, 0.2) is 0 Å². The molecule has 0 aromatic carbocycles. The van der Waals surface area contributed by atoms with Gasteiger partial charge >= 0.3 is 0 Å². The van der Waals surface area contributed by atoms with E-state index in [4.69, 9.17) is 9.47 Å². The molecule has 2 rings (SSSR count). The molecule has 0 N–H and O–H groups in total. The van der Waals surface area contributed by atoms with Crippen molar-refractivity contribution in [2.75, 3.05) is 0 Å². The van der Waals surface area contributed by atoms with E-state index >= 15 is 0 Å². The lowest BCUT2D eigenvalue weighted by molar-refractivity contribution is -0.181. The van der Waals surface area contributed by atoms with Gasteiger partial charge < -0.3 is 9.47 Å². The molecule has 0 bridgehead atoms. The molecule has 1 aliphatic heterocycles. The summed E-state index contributed by atoms with van der Waals surface area (Å²) in [4.78, 5) is 4.13. The summed E-state index contributed by atoms with van der Waals surface area (Å²) in [5, 5.41) is 0. The number of rotatable bonds is 0. The van der Waals surface area contributed by atoms with Crippen LogP contribution in [0.25, 0.3) is 0 Å². The molecular formula is C9H11NO2. The first kappa shape index (κ1) is 7.55. The van der Waals surface area contributed by atoms with E-state index in [0.717, 1.165) is 11.4 Å². The molecule has 0 aliphatic carbocycles. The molecule has 0 spiro atoms. The summed E-state index contributed by atoms with van der Waals surface area (Å²) in [6, 6.07) is 3.77. The maximum atomic E-state index is 5.53. The normalized spacial score (nSPS) is 19.5. The quantitative estimate of drug-likeness (QED) is 0.586. The zero-order chi connectivity index (χ0) is 8.60. The molecule has 3 nitrogen and oxygen atoms in total. The zero-order valence-corrected chi connectivity index (χ0v) is 7.20. The molecule has 0 saturated carbocycles. The van der Waals surface area contributed by atoms with E-state index in [-0.39, 0.29) is 0 Å². The van der Waals surface area contributed by atoms with Crippen molar-refractivity contribution in [3.8, 4) is 5.75 Å². The van der Waals surface area contributed by atoms with Crippen molar-refractivity contribution in [1.82, 2.24) is 4.98 Å². The second kappa shape index (κ2) is 2.45. The number of pyridine rings is 1. The largest absolute Gasteiger partial charge is 0.461 e. The van der Waals surface area contributed by atoms with Gasteiger partial charge in [-0.1, -0.05) is 0 Å². The number of hydrogen-bond donors (Lipinski definition) is 0. The van der Waals surface area contributed by atoms with Crippen LogP contribution in [0, 0.1) is 0 Å². The molecule has 1 aliphatic rings. The first-order valence-corrected chi connectivity index (χ1v) is 3.94. The monoisotopic (exact) mass is 165 g/mol. The van der Waals surface area contributed by atoms with Crippen molar-refractivity contribution in [3.05, 3.63) is 24.0 Å². The van der Waals surface area contributed by atoms with Crippen molar-refractivity contribution in [3.63, 3.8) is 0 Å². The number of nitrogens with zero attached hydrogens (tertiary/aromatic N) is 1. The van der Waals surface area contributed by atoms with E-state index in [9.17, 15) is 0 Å². The van der Waals surface area contributed by atoms with Crippen molar-refractivity contribution < 1.29 is 9.47 Å². The Morgan fingerprint density at radius 3 is 3.17 bits per heavy atom. The van der Waals surface area contributed by atoms with Gasteiger partial charge in [-0.05, 0) is 12.1 Å². The number of aromatic nitrogens is 1. The fourth-order valence-electron chi connectivity index (χ4n) is 1.16. The Morgan fingerprint density at radius 2 is 2.33 bits per heavy atom. The van der Waals surface area contributed by atoms with Gasteiger partial charge in [-0.15, -0.1) is 0 Å². The number of fused-ring (bicyclic) bond motifs is 1. The van der Waals surface area contributed by atoms with E-state index in [1.165, 1.54) is 0 Å². The van der Waals surface area contributed by atoms with Crippen LogP contribution in [0.4, 0.5) is 0 Å². The second-order valence-corrected chi connectivity index (χ2v) is 3.24. The highest BCUT2D eigenvalue weighted by Crippen LogP contribution is 2.28. The van der Waals surface area contributed by atoms with E-state index in [2.05, 4.69) is 4.98 Å². The standard InChI is InChI=1S/C9H11NO2/c1-9(2)11-6-7-8(12-9)4-3-5-10-7/h3-5H,6H2,1-2H3. The van der Waals surface area contributed by atoms with Crippen LogP contribution in [-0.2, 0) is 11.3 Å². The SMILES string of the molecule is CC1(C)OCc2ncccc2O1.